The fourth-order valence-electron chi connectivity index (χ4n) is 4.14. The fourth-order valence-corrected chi connectivity index (χ4v) is 4.14. The number of carbonyl (C=O) groups excluding carboxylic acids is 3. The molecule has 1 N–H and O–H groups in total. The highest BCUT2D eigenvalue weighted by molar-refractivity contribution is 5.91. The SMILES string of the molecule is CC(=O)Nc1ccccc1CC(=O)N1CCN(C(C)=O)C[C@H]1CN1CCCC1.Cl. The van der Waals surface area contributed by atoms with E-state index in [9.17, 15) is 14.4 Å². The Bertz CT molecular complexity index is 736. The van der Waals surface area contributed by atoms with Gasteiger partial charge in [-0.2, -0.15) is 0 Å². The van der Waals surface area contributed by atoms with Gasteiger partial charge in [0.05, 0.1) is 12.5 Å². The van der Waals surface area contributed by atoms with Crippen molar-refractivity contribution in [3.63, 3.8) is 0 Å². The van der Waals surface area contributed by atoms with Gasteiger partial charge in [0, 0.05) is 45.7 Å². The fraction of sp³-hybridized carbons (Fsp3) is 0.571. The van der Waals surface area contributed by atoms with Gasteiger partial charge in [0.15, 0.2) is 0 Å². The number of hydrogen-bond donors (Lipinski definition) is 1. The van der Waals surface area contributed by atoms with Gasteiger partial charge in [-0.15, -0.1) is 12.4 Å². The van der Waals surface area contributed by atoms with E-state index >= 15 is 0 Å². The van der Waals surface area contributed by atoms with E-state index in [2.05, 4.69) is 10.2 Å². The summed E-state index contributed by atoms with van der Waals surface area (Å²) in [6, 6.07) is 7.44. The van der Waals surface area contributed by atoms with Crippen LogP contribution in [0.3, 0.4) is 0 Å². The van der Waals surface area contributed by atoms with E-state index < -0.39 is 0 Å². The van der Waals surface area contributed by atoms with Gasteiger partial charge < -0.3 is 20.0 Å². The highest BCUT2D eigenvalue weighted by Crippen LogP contribution is 2.20. The van der Waals surface area contributed by atoms with Crippen molar-refractivity contribution in [2.45, 2.75) is 39.2 Å². The Morgan fingerprint density at radius 3 is 2.38 bits per heavy atom. The van der Waals surface area contributed by atoms with Gasteiger partial charge in [-0.05, 0) is 37.6 Å². The van der Waals surface area contributed by atoms with E-state index in [1.807, 2.05) is 34.1 Å². The summed E-state index contributed by atoms with van der Waals surface area (Å²) in [5.74, 6) is -0.0402. The predicted molar refractivity (Wildman–Crippen MR) is 115 cm³/mol. The number of rotatable bonds is 5. The van der Waals surface area contributed by atoms with Crippen molar-refractivity contribution < 1.29 is 14.4 Å². The van der Waals surface area contributed by atoms with Crippen molar-refractivity contribution in [3.8, 4) is 0 Å². The molecule has 2 aliphatic heterocycles. The molecule has 8 heteroatoms. The van der Waals surface area contributed by atoms with Crippen LogP contribution >= 0.6 is 12.4 Å². The van der Waals surface area contributed by atoms with Crippen LogP contribution in [0, 0.1) is 0 Å². The molecule has 0 aromatic heterocycles. The number of nitrogens with one attached hydrogen (secondary N) is 1. The average Bonchev–Trinajstić information content (AvgIpc) is 3.15. The topological polar surface area (TPSA) is 73.0 Å². The van der Waals surface area contributed by atoms with Crippen LogP contribution in [0.15, 0.2) is 24.3 Å². The quantitative estimate of drug-likeness (QED) is 0.784. The normalized spacial score (nSPS) is 19.6. The summed E-state index contributed by atoms with van der Waals surface area (Å²) >= 11 is 0. The number of benzene rings is 1. The number of likely N-dealkylation sites (tertiary alicyclic amines) is 1. The van der Waals surface area contributed by atoms with Gasteiger partial charge in [-0.25, -0.2) is 0 Å². The molecule has 2 saturated heterocycles. The van der Waals surface area contributed by atoms with Crippen molar-refractivity contribution >= 4 is 35.8 Å². The largest absolute Gasteiger partial charge is 0.339 e. The summed E-state index contributed by atoms with van der Waals surface area (Å²) in [6.07, 6.45) is 2.63. The average molecular weight is 423 g/mol. The van der Waals surface area contributed by atoms with Gasteiger partial charge in [0.25, 0.3) is 0 Å². The number of anilines is 1. The smallest absolute Gasteiger partial charge is 0.227 e. The third-order valence-electron chi connectivity index (χ3n) is 5.59. The molecule has 2 heterocycles. The first-order valence-electron chi connectivity index (χ1n) is 10.1. The number of hydrogen-bond acceptors (Lipinski definition) is 4. The Balaban J connectivity index is 0.00000300. The number of carbonyl (C=O) groups is 3. The summed E-state index contributed by atoms with van der Waals surface area (Å²) in [7, 11) is 0. The maximum atomic E-state index is 13.2. The molecule has 7 nitrogen and oxygen atoms in total. The second-order valence-corrected chi connectivity index (χ2v) is 7.73. The molecule has 0 spiro atoms. The number of amides is 3. The van der Waals surface area contributed by atoms with Gasteiger partial charge in [-0.1, -0.05) is 18.2 Å². The van der Waals surface area contributed by atoms with Crippen LogP contribution in [0.25, 0.3) is 0 Å². The van der Waals surface area contributed by atoms with Crippen molar-refractivity contribution in [2.24, 2.45) is 0 Å². The second kappa shape index (κ2) is 10.6. The molecule has 0 aliphatic carbocycles. The van der Waals surface area contributed by atoms with Crippen molar-refractivity contribution in [1.82, 2.24) is 14.7 Å². The molecule has 2 fully saturated rings. The lowest BCUT2D eigenvalue weighted by atomic mass is 10.1. The minimum absolute atomic E-state index is 0. The Kier molecular flexibility index (Phi) is 8.46. The molecular weight excluding hydrogens is 392 g/mol. The lowest BCUT2D eigenvalue weighted by Crippen LogP contribution is -2.59. The summed E-state index contributed by atoms with van der Waals surface area (Å²) in [4.78, 5) is 42.6. The zero-order chi connectivity index (χ0) is 20.1. The molecule has 3 rings (SSSR count). The van der Waals surface area contributed by atoms with Crippen LogP contribution in [0.2, 0.25) is 0 Å². The molecule has 29 heavy (non-hydrogen) atoms. The maximum Gasteiger partial charge on any atom is 0.227 e. The molecule has 160 valence electrons. The second-order valence-electron chi connectivity index (χ2n) is 7.73. The van der Waals surface area contributed by atoms with Crippen LogP contribution < -0.4 is 5.32 Å². The zero-order valence-electron chi connectivity index (χ0n) is 17.2. The standard InChI is InChI=1S/C21H30N4O3.ClH/c1-16(26)22-20-8-4-3-7-18(20)13-21(28)25-12-11-24(17(2)27)15-19(25)14-23-9-5-6-10-23;/h3-4,7-8,19H,5-6,9-15H2,1-2H3,(H,22,26);1H/t19-;/m1./s1. The van der Waals surface area contributed by atoms with E-state index in [0.717, 1.165) is 25.2 Å². The third-order valence-corrected chi connectivity index (χ3v) is 5.59. The lowest BCUT2D eigenvalue weighted by Gasteiger charge is -2.42. The molecule has 1 aromatic carbocycles. The van der Waals surface area contributed by atoms with Crippen LogP contribution in [-0.2, 0) is 20.8 Å². The van der Waals surface area contributed by atoms with E-state index in [0.29, 0.717) is 25.3 Å². The van der Waals surface area contributed by atoms with Crippen LogP contribution in [0.1, 0.15) is 32.3 Å². The third kappa shape index (κ3) is 6.18. The molecule has 3 amide bonds. The first-order chi connectivity index (χ1) is 13.4. The van der Waals surface area contributed by atoms with E-state index in [4.69, 9.17) is 0 Å². The van der Waals surface area contributed by atoms with E-state index in [1.54, 1.807) is 6.92 Å². The number of para-hydroxylation sites is 1. The summed E-state index contributed by atoms with van der Waals surface area (Å²) < 4.78 is 0. The zero-order valence-corrected chi connectivity index (χ0v) is 18.0. The number of halogens is 1. The van der Waals surface area contributed by atoms with Gasteiger partial charge in [0.2, 0.25) is 17.7 Å². The monoisotopic (exact) mass is 422 g/mol. The Labute approximate surface area is 178 Å². The Morgan fingerprint density at radius 1 is 1.03 bits per heavy atom. The Hall–Kier alpha value is -2.12. The van der Waals surface area contributed by atoms with Crippen LogP contribution in [0.5, 0.6) is 0 Å². The van der Waals surface area contributed by atoms with E-state index in [-0.39, 0.29) is 42.6 Å². The Morgan fingerprint density at radius 2 is 1.72 bits per heavy atom. The first-order valence-corrected chi connectivity index (χ1v) is 10.1. The summed E-state index contributed by atoms with van der Waals surface area (Å²) in [5.41, 5.74) is 1.50. The highest BCUT2D eigenvalue weighted by Gasteiger charge is 2.33. The van der Waals surface area contributed by atoms with E-state index in [1.165, 1.54) is 19.8 Å². The molecule has 0 bridgehead atoms. The van der Waals surface area contributed by atoms with Gasteiger partial charge >= 0.3 is 0 Å². The lowest BCUT2D eigenvalue weighted by molar-refractivity contribution is -0.142. The molecule has 0 radical (unpaired) electrons. The predicted octanol–water partition coefficient (Wildman–Crippen LogP) is 1.76. The minimum Gasteiger partial charge on any atom is -0.339 e. The number of piperazine rings is 1. The first kappa shape index (κ1) is 23.2. The highest BCUT2D eigenvalue weighted by atomic mass is 35.5. The van der Waals surface area contributed by atoms with Crippen LogP contribution in [0.4, 0.5) is 5.69 Å². The molecule has 2 aliphatic rings. The summed E-state index contributed by atoms with van der Waals surface area (Å²) in [5, 5.41) is 2.80. The maximum absolute atomic E-state index is 13.2. The number of nitrogens with zero attached hydrogens (tertiary/aromatic N) is 3. The molecule has 1 atom stereocenters. The minimum atomic E-state index is -0.151. The van der Waals surface area contributed by atoms with Gasteiger partial charge in [-0.3, -0.25) is 14.4 Å². The molecule has 1 aromatic rings. The molecule has 0 saturated carbocycles. The van der Waals surface area contributed by atoms with Crippen molar-refractivity contribution in [2.75, 3.05) is 44.6 Å². The van der Waals surface area contributed by atoms with Gasteiger partial charge in [0.1, 0.15) is 0 Å². The molecule has 0 unspecified atom stereocenters. The van der Waals surface area contributed by atoms with Crippen LogP contribution in [-0.4, -0.2) is 77.7 Å². The summed E-state index contributed by atoms with van der Waals surface area (Å²) in [6.45, 7) is 7.70. The van der Waals surface area contributed by atoms with Crippen molar-refractivity contribution in [1.29, 1.82) is 0 Å². The molecular formula is C21H31ClN4O3. The van der Waals surface area contributed by atoms with Crippen molar-refractivity contribution in [3.05, 3.63) is 29.8 Å².